The number of aryl methyl sites for hydroxylation is 1. The molecule has 2 aromatic carbocycles. The van der Waals surface area contributed by atoms with Gasteiger partial charge in [0.15, 0.2) is 0 Å². The predicted molar refractivity (Wildman–Crippen MR) is 133 cm³/mol. The molecule has 1 N–H and O–H groups in total. The number of fused-ring (bicyclic) bond motifs is 2. The highest BCUT2D eigenvalue weighted by Gasteiger charge is 2.27. The number of thioether (sulfide) groups is 1. The number of H-pyrrole nitrogens is 1. The molecule has 9 heteroatoms. The van der Waals surface area contributed by atoms with Gasteiger partial charge in [0.05, 0.1) is 22.3 Å². The molecule has 0 atom stereocenters. The minimum atomic E-state index is -0.201. The smallest absolute Gasteiger partial charge is 0.273 e. The third-order valence-corrected chi connectivity index (χ3v) is 7.20. The van der Waals surface area contributed by atoms with E-state index in [2.05, 4.69) is 44.3 Å². The fourth-order valence-corrected chi connectivity index (χ4v) is 5.50. The number of nitrogens with zero attached hydrogens (tertiary/aromatic N) is 4. The number of aromatic nitrogens is 2. The van der Waals surface area contributed by atoms with Gasteiger partial charge in [0.1, 0.15) is 0 Å². The first-order chi connectivity index (χ1) is 15.2. The van der Waals surface area contributed by atoms with Crippen LogP contribution in [0.15, 0.2) is 63.0 Å². The quantitative estimate of drug-likeness (QED) is 0.555. The first-order valence-electron chi connectivity index (χ1n) is 10.9. The number of para-hydroxylation sites is 1. The first kappa shape index (κ1) is 22.9. The van der Waals surface area contributed by atoms with Crippen LogP contribution in [0.1, 0.15) is 12.8 Å². The average Bonchev–Trinajstić information content (AvgIpc) is 3.24. The van der Waals surface area contributed by atoms with Crippen LogP contribution in [0.5, 0.6) is 0 Å². The highest BCUT2D eigenvalue weighted by molar-refractivity contribution is 7.99. The Hall–Kier alpha value is -2.26. The third kappa shape index (κ3) is 4.59. The van der Waals surface area contributed by atoms with Gasteiger partial charge in [-0.3, -0.25) is 19.7 Å². The number of anilines is 1. The van der Waals surface area contributed by atoms with Gasteiger partial charge in [0, 0.05) is 37.6 Å². The zero-order chi connectivity index (χ0) is 21.2. The van der Waals surface area contributed by atoms with Crippen molar-refractivity contribution >= 4 is 40.6 Å². The van der Waals surface area contributed by atoms with Gasteiger partial charge < -0.3 is 4.90 Å². The minimum Gasteiger partial charge on any atom is -0.301 e. The molecule has 0 radical (unpaired) electrons. The lowest BCUT2D eigenvalue weighted by atomic mass is 10.2. The molecule has 1 aromatic heterocycles. The SMILES string of the molecule is Cl.O=c1[nH]n(CCCCN2CCN(N3CSc4ccccc43)CC2)c(=O)c2ccccc12. The minimum absolute atomic E-state index is 0. The Morgan fingerprint density at radius 2 is 1.53 bits per heavy atom. The van der Waals surface area contributed by atoms with Gasteiger partial charge in [-0.25, -0.2) is 9.69 Å². The van der Waals surface area contributed by atoms with Crippen LogP contribution in [-0.2, 0) is 6.54 Å². The van der Waals surface area contributed by atoms with Gasteiger partial charge >= 0.3 is 0 Å². The van der Waals surface area contributed by atoms with E-state index < -0.39 is 0 Å². The number of benzene rings is 2. The number of piperazine rings is 1. The summed E-state index contributed by atoms with van der Waals surface area (Å²) in [7, 11) is 0. The van der Waals surface area contributed by atoms with E-state index in [9.17, 15) is 9.59 Å². The maximum absolute atomic E-state index is 12.6. The number of hydrazine groups is 1. The highest BCUT2D eigenvalue weighted by Crippen LogP contribution is 2.39. The summed E-state index contributed by atoms with van der Waals surface area (Å²) in [6.45, 7) is 5.73. The van der Waals surface area contributed by atoms with Crippen LogP contribution in [0.25, 0.3) is 10.8 Å². The Morgan fingerprint density at radius 1 is 0.844 bits per heavy atom. The van der Waals surface area contributed by atoms with Gasteiger partial charge in [-0.05, 0) is 43.7 Å². The van der Waals surface area contributed by atoms with Crippen molar-refractivity contribution in [3.8, 4) is 0 Å². The Morgan fingerprint density at radius 3 is 2.34 bits per heavy atom. The molecular formula is C23H28ClN5O2S. The van der Waals surface area contributed by atoms with Gasteiger partial charge in [0.25, 0.3) is 11.1 Å². The van der Waals surface area contributed by atoms with Crippen molar-refractivity contribution in [1.29, 1.82) is 0 Å². The second-order valence-electron chi connectivity index (χ2n) is 8.09. The molecule has 0 aliphatic carbocycles. The van der Waals surface area contributed by atoms with Crippen LogP contribution in [0.4, 0.5) is 5.69 Å². The molecular weight excluding hydrogens is 446 g/mol. The lowest BCUT2D eigenvalue weighted by Crippen LogP contribution is -2.53. The van der Waals surface area contributed by atoms with Gasteiger partial charge in [0.2, 0.25) is 0 Å². The van der Waals surface area contributed by atoms with Crippen LogP contribution in [0, 0.1) is 0 Å². The Bertz CT molecular complexity index is 1190. The zero-order valence-corrected chi connectivity index (χ0v) is 19.5. The van der Waals surface area contributed by atoms with E-state index in [1.54, 1.807) is 24.3 Å². The van der Waals surface area contributed by atoms with E-state index in [1.165, 1.54) is 15.3 Å². The maximum Gasteiger partial charge on any atom is 0.273 e. The number of unbranched alkanes of at least 4 members (excludes halogenated alkanes) is 1. The van der Waals surface area contributed by atoms with Crippen molar-refractivity contribution in [2.45, 2.75) is 24.3 Å². The molecule has 0 spiro atoms. The number of hydrogen-bond acceptors (Lipinski definition) is 6. The molecule has 0 unspecified atom stereocenters. The second-order valence-corrected chi connectivity index (χ2v) is 9.07. The van der Waals surface area contributed by atoms with E-state index >= 15 is 0 Å². The molecule has 0 saturated carbocycles. The standard InChI is InChI=1S/C23H27N5O2S.ClH/c29-22-18-7-1-2-8-19(18)23(30)27(24-22)12-6-5-11-25-13-15-26(16-14-25)28-17-31-21-10-4-3-9-20(21)28;/h1-4,7-10H,5-6,11-17H2,(H,24,29);1H. The highest BCUT2D eigenvalue weighted by atomic mass is 35.5. The molecule has 1 fully saturated rings. The Kier molecular flexibility index (Phi) is 7.25. The normalized spacial score (nSPS) is 16.8. The van der Waals surface area contributed by atoms with Crippen molar-refractivity contribution < 1.29 is 0 Å². The predicted octanol–water partition coefficient (Wildman–Crippen LogP) is 2.99. The third-order valence-electron chi connectivity index (χ3n) is 6.17. The van der Waals surface area contributed by atoms with E-state index in [-0.39, 0.29) is 23.5 Å². The molecule has 5 rings (SSSR count). The monoisotopic (exact) mass is 473 g/mol. The van der Waals surface area contributed by atoms with Crippen LogP contribution < -0.4 is 16.1 Å². The number of nitrogens with one attached hydrogen (secondary N) is 1. The Labute approximate surface area is 197 Å². The summed E-state index contributed by atoms with van der Waals surface area (Å²) in [5.74, 6) is 0.998. The topological polar surface area (TPSA) is 64.6 Å². The number of rotatable bonds is 6. The fraction of sp³-hybridized carbons (Fsp3) is 0.391. The van der Waals surface area contributed by atoms with Crippen LogP contribution in [0.3, 0.4) is 0 Å². The summed E-state index contributed by atoms with van der Waals surface area (Å²) in [6.07, 6.45) is 1.87. The van der Waals surface area contributed by atoms with Crippen LogP contribution >= 0.6 is 24.2 Å². The lowest BCUT2D eigenvalue weighted by Gasteiger charge is -2.40. The average molecular weight is 474 g/mol. The van der Waals surface area contributed by atoms with Crippen molar-refractivity contribution in [1.82, 2.24) is 19.7 Å². The summed E-state index contributed by atoms with van der Waals surface area (Å²) in [4.78, 5) is 28.7. The maximum atomic E-state index is 12.6. The van der Waals surface area contributed by atoms with Crippen molar-refractivity contribution in [3.05, 3.63) is 69.2 Å². The van der Waals surface area contributed by atoms with Crippen molar-refractivity contribution in [2.24, 2.45) is 0 Å². The van der Waals surface area contributed by atoms with Crippen LogP contribution in [-0.4, -0.2) is 58.3 Å². The molecule has 2 aliphatic heterocycles. The Balaban J connectivity index is 0.00000245. The number of hydrogen-bond donors (Lipinski definition) is 1. The van der Waals surface area contributed by atoms with Crippen LogP contribution in [0.2, 0.25) is 0 Å². The van der Waals surface area contributed by atoms with E-state index in [0.29, 0.717) is 17.3 Å². The summed E-state index contributed by atoms with van der Waals surface area (Å²) >= 11 is 1.91. The lowest BCUT2D eigenvalue weighted by molar-refractivity contribution is 0.124. The van der Waals surface area contributed by atoms with Gasteiger partial charge in [-0.15, -0.1) is 24.2 Å². The van der Waals surface area contributed by atoms with Crippen molar-refractivity contribution in [3.63, 3.8) is 0 Å². The van der Waals surface area contributed by atoms with Gasteiger partial charge in [-0.2, -0.15) is 0 Å². The van der Waals surface area contributed by atoms with Crippen molar-refractivity contribution in [2.75, 3.05) is 43.6 Å². The largest absolute Gasteiger partial charge is 0.301 e. The molecule has 3 heterocycles. The first-order valence-corrected chi connectivity index (χ1v) is 11.9. The summed E-state index contributed by atoms with van der Waals surface area (Å²) in [5.41, 5.74) is 1.01. The molecule has 0 bridgehead atoms. The summed E-state index contributed by atoms with van der Waals surface area (Å²) in [5, 5.41) is 8.56. The molecule has 7 nitrogen and oxygen atoms in total. The molecule has 2 aliphatic rings. The molecule has 1 saturated heterocycles. The number of halogens is 1. The van der Waals surface area contributed by atoms with E-state index in [4.69, 9.17) is 0 Å². The fourth-order valence-electron chi connectivity index (χ4n) is 4.44. The molecule has 3 aromatic rings. The summed E-state index contributed by atoms with van der Waals surface area (Å²) in [6, 6.07) is 15.6. The zero-order valence-electron chi connectivity index (χ0n) is 17.9. The molecule has 170 valence electrons. The second kappa shape index (κ2) is 10.1. The van der Waals surface area contributed by atoms with E-state index in [0.717, 1.165) is 51.4 Å². The molecule has 0 amide bonds. The van der Waals surface area contributed by atoms with E-state index in [1.807, 2.05) is 11.8 Å². The number of aromatic amines is 1. The summed E-state index contributed by atoms with van der Waals surface area (Å²) < 4.78 is 1.46. The molecule has 32 heavy (non-hydrogen) atoms. The van der Waals surface area contributed by atoms with Gasteiger partial charge in [-0.1, -0.05) is 24.3 Å².